The minimum absolute atomic E-state index is 0.479. The van der Waals surface area contributed by atoms with Gasteiger partial charge in [-0.1, -0.05) is 0 Å². The molecule has 0 aromatic carbocycles. The van der Waals surface area contributed by atoms with Crippen molar-refractivity contribution in [1.82, 2.24) is 0 Å². The largest absolute Gasteiger partial charge is 0.411 e. The lowest BCUT2D eigenvalue weighted by Crippen LogP contribution is -1.99. The Bertz CT molecular complexity index is 161. The van der Waals surface area contributed by atoms with E-state index in [0.717, 1.165) is 0 Å². The van der Waals surface area contributed by atoms with Crippen LogP contribution in [0.3, 0.4) is 0 Å². The fourth-order valence-corrected chi connectivity index (χ4v) is 0.143. The maximum atomic E-state index is 10.7. The fourth-order valence-electron chi connectivity index (χ4n) is 0.143. The second-order valence-corrected chi connectivity index (χ2v) is 1.67. The van der Waals surface area contributed by atoms with E-state index in [0.29, 0.717) is 0 Å². The summed E-state index contributed by atoms with van der Waals surface area (Å²) in [6, 6.07) is 0. The third-order valence-corrected chi connectivity index (χ3v) is 0.504. The maximum absolute atomic E-state index is 10.7. The Balaban J connectivity index is 0. The van der Waals surface area contributed by atoms with Crippen LogP contribution in [0.5, 0.6) is 0 Å². The van der Waals surface area contributed by atoms with Crippen LogP contribution in [-0.2, 0) is 0 Å². The molecule has 0 spiro atoms. The van der Waals surface area contributed by atoms with Gasteiger partial charge in [0.1, 0.15) is 0 Å². The quantitative estimate of drug-likeness (QED) is 0.548. The lowest BCUT2D eigenvalue weighted by Gasteiger charge is -1.92. The molecule has 0 aromatic heterocycles. The molecule has 0 fully saturated rings. The van der Waals surface area contributed by atoms with Gasteiger partial charge < -0.3 is 0 Å². The molecule has 0 nitrogen and oxygen atoms in total. The van der Waals surface area contributed by atoms with E-state index in [4.69, 9.17) is 0 Å². The molecule has 0 saturated carbocycles. The highest BCUT2D eigenvalue weighted by atomic mass is 19.4. The topological polar surface area (TPSA) is 0 Å². The first-order valence-electron chi connectivity index (χ1n) is 2.81. The monoisotopic (exact) mass is 228 g/mol. The van der Waals surface area contributed by atoms with Crippen molar-refractivity contribution in [2.45, 2.75) is 12.4 Å². The van der Waals surface area contributed by atoms with E-state index in [-0.39, 0.29) is 0 Å². The van der Waals surface area contributed by atoms with Gasteiger partial charge >= 0.3 is 12.4 Å². The van der Waals surface area contributed by atoms with E-state index in [1.54, 1.807) is 0 Å². The van der Waals surface area contributed by atoms with E-state index >= 15 is 0 Å². The SMILES string of the molecule is F/C=C/C(F)(F)F.F/C=C/C(F)(F)F. The number of rotatable bonds is 0. The lowest BCUT2D eigenvalue weighted by atomic mass is 10.6. The van der Waals surface area contributed by atoms with E-state index in [9.17, 15) is 35.1 Å². The van der Waals surface area contributed by atoms with Gasteiger partial charge in [-0.05, 0) is 0 Å². The molecule has 0 heterocycles. The van der Waals surface area contributed by atoms with Gasteiger partial charge in [-0.2, -0.15) is 26.3 Å². The van der Waals surface area contributed by atoms with Gasteiger partial charge in [0.05, 0.1) is 12.7 Å². The van der Waals surface area contributed by atoms with Crippen molar-refractivity contribution < 1.29 is 35.1 Å². The lowest BCUT2D eigenvalue weighted by molar-refractivity contribution is -0.0815. The molecule has 0 aromatic rings. The Morgan fingerprint density at radius 2 is 0.786 bits per heavy atom. The summed E-state index contributed by atoms with van der Waals surface area (Å²) in [5, 5.41) is 0. The number of alkyl halides is 6. The first kappa shape index (κ1) is 15.4. The molecule has 0 atom stereocenters. The third-order valence-electron chi connectivity index (χ3n) is 0.504. The molecular weight excluding hydrogens is 224 g/mol. The van der Waals surface area contributed by atoms with E-state index in [2.05, 4.69) is 0 Å². The predicted molar refractivity (Wildman–Crippen MR) is 32.6 cm³/mol. The first-order chi connectivity index (χ1) is 6.12. The molecule has 0 N–H and O–H groups in total. The summed E-state index contributed by atoms with van der Waals surface area (Å²) in [6.45, 7) is 0. The summed E-state index contributed by atoms with van der Waals surface area (Å²) in [5.41, 5.74) is 0. The van der Waals surface area contributed by atoms with Crippen LogP contribution in [0.15, 0.2) is 24.8 Å². The van der Waals surface area contributed by atoms with Crippen molar-refractivity contribution in [3.05, 3.63) is 24.8 Å². The van der Waals surface area contributed by atoms with Crippen LogP contribution in [0.1, 0.15) is 0 Å². The summed E-state index contributed by atoms with van der Waals surface area (Å²) in [4.78, 5) is 0. The molecule has 0 aliphatic heterocycles. The van der Waals surface area contributed by atoms with Crippen molar-refractivity contribution >= 4 is 0 Å². The molecule has 0 radical (unpaired) electrons. The molecule has 14 heavy (non-hydrogen) atoms. The number of hydrogen-bond acceptors (Lipinski definition) is 0. The molecule has 8 heteroatoms. The Hall–Kier alpha value is -1.08. The van der Waals surface area contributed by atoms with Gasteiger partial charge in [-0.15, -0.1) is 0 Å². The van der Waals surface area contributed by atoms with Crippen molar-refractivity contribution in [2.24, 2.45) is 0 Å². The highest BCUT2D eigenvalue weighted by molar-refractivity contribution is 4.81. The smallest absolute Gasteiger partial charge is 0.216 e. The maximum Gasteiger partial charge on any atom is 0.411 e. The van der Waals surface area contributed by atoms with Crippen molar-refractivity contribution in [1.29, 1.82) is 0 Å². The highest BCUT2D eigenvalue weighted by Gasteiger charge is 2.22. The minimum atomic E-state index is -4.51. The van der Waals surface area contributed by atoms with Crippen molar-refractivity contribution in [3.8, 4) is 0 Å². The second kappa shape index (κ2) is 6.39. The van der Waals surface area contributed by atoms with E-state index in [1.165, 1.54) is 0 Å². The van der Waals surface area contributed by atoms with Gasteiger partial charge in [0.15, 0.2) is 0 Å². The van der Waals surface area contributed by atoms with Gasteiger partial charge in [0.25, 0.3) is 0 Å². The Kier molecular flexibility index (Phi) is 7.02. The second-order valence-electron chi connectivity index (χ2n) is 1.67. The minimum Gasteiger partial charge on any atom is -0.216 e. The molecule has 0 unspecified atom stereocenters. The molecule has 0 aliphatic carbocycles. The first-order valence-corrected chi connectivity index (χ1v) is 2.81. The Morgan fingerprint density at radius 1 is 0.571 bits per heavy atom. The van der Waals surface area contributed by atoms with Crippen LogP contribution < -0.4 is 0 Å². The van der Waals surface area contributed by atoms with Gasteiger partial charge in [-0.3, -0.25) is 0 Å². The molecule has 0 saturated heterocycles. The Morgan fingerprint density at radius 3 is 0.786 bits per heavy atom. The summed E-state index contributed by atoms with van der Waals surface area (Å²) in [6.07, 6.45) is -11.1. The summed E-state index contributed by atoms with van der Waals surface area (Å²) < 4.78 is 85.6. The van der Waals surface area contributed by atoms with Crippen LogP contribution >= 0.6 is 0 Å². The standard InChI is InChI=1S/2C3H2F4/c2*4-2-1-3(5,6)7/h2*1-2H/b2*2-1+. The molecule has 0 amide bonds. The molecule has 0 aliphatic rings. The van der Waals surface area contributed by atoms with E-state index < -0.39 is 37.2 Å². The van der Waals surface area contributed by atoms with Crippen LogP contribution in [0.2, 0.25) is 0 Å². The number of allylic oxidation sites excluding steroid dienone is 2. The third kappa shape index (κ3) is 22.4. The average molecular weight is 228 g/mol. The van der Waals surface area contributed by atoms with Crippen LogP contribution in [-0.4, -0.2) is 12.4 Å². The van der Waals surface area contributed by atoms with Crippen LogP contribution in [0.25, 0.3) is 0 Å². The summed E-state index contributed by atoms with van der Waals surface area (Å²) in [5.74, 6) is 0. The summed E-state index contributed by atoms with van der Waals surface area (Å²) in [7, 11) is 0. The highest BCUT2D eigenvalue weighted by Crippen LogP contribution is 2.15. The molecule has 84 valence electrons. The zero-order chi connectivity index (χ0) is 11.8. The van der Waals surface area contributed by atoms with Crippen LogP contribution in [0.4, 0.5) is 35.1 Å². The van der Waals surface area contributed by atoms with Crippen LogP contribution in [0, 0.1) is 0 Å². The predicted octanol–water partition coefficient (Wildman–Crippen LogP) is 4.06. The number of hydrogen-bond donors (Lipinski definition) is 0. The van der Waals surface area contributed by atoms with Gasteiger partial charge in [0, 0.05) is 12.2 Å². The van der Waals surface area contributed by atoms with Crippen molar-refractivity contribution in [3.63, 3.8) is 0 Å². The Labute approximate surface area is 73.5 Å². The van der Waals surface area contributed by atoms with Gasteiger partial charge in [-0.25, -0.2) is 8.78 Å². The molecule has 0 rings (SSSR count). The zero-order valence-electron chi connectivity index (χ0n) is 6.33. The van der Waals surface area contributed by atoms with E-state index in [1.807, 2.05) is 0 Å². The summed E-state index contributed by atoms with van der Waals surface area (Å²) >= 11 is 0. The fraction of sp³-hybridized carbons (Fsp3) is 0.333. The average Bonchev–Trinajstić information content (AvgIpc) is 1.81. The number of halogens is 8. The molecule has 0 bridgehead atoms. The molecular formula is C6H4F8. The van der Waals surface area contributed by atoms with Crippen molar-refractivity contribution in [2.75, 3.05) is 0 Å². The van der Waals surface area contributed by atoms with Gasteiger partial charge in [0.2, 0.25) is 0 Å². The normalized spacial score (nSPS) is 13.1. The zero-order valence-corrected chi connectivity index (χ0v) is 6.33.